The van der Waals surface area contributed by atoms with E-state index in [1.807, 2.05) is 0 Å². The van der Waals surface area contributed by atoms with Gasteiger partial charge in [0.1, 0.15) is 23.4 Å². The van der Waals surface area contributed by atoms with E-state index in [1.54, 1.807) is 4.90 Å². The number of pyridine rings is 1. The van der Waals surface area contributed by atoms with Crippen molar-refractivity contribution in [1.82, 2.24) is 19.7 Å². The standard InChI is InChI=1S/C23H26F2N4O4/c1-13(2)10-27-6-3-7-29-18(27)12-28-11-16(20(30)21(31)19(28)23(29)33)22(32)26-9-14-4-5-15(24)8-17(14)25/h4-5,8,11,13,18,31H,3,6-7,9-10,12H2,1-2H3,(H,26,32). The van der Waals surface area contributed by atoms with Crippen LogP contribution >= 0.6 is 0 Å². The molecule has 1 atom stereocenters. The molecule has 4 rings (SSSR count). The predicted octanol–water partition coefficient (Wildman–Crippen LogP) is 1.91. The topological polar surface area (TPSA) is 94.9 Å². The van der Waals surface area contributed by atoms with Crippen LogP contribution in [0.1, 0.15) is 46.7 Å². The second-order valence-corrected chi connectivity index (χ2v) is 8.86. The third kappa shape index (κ3) is 4.35. The highest BCUT2D eigenvalue weighted by Gasteiger charge is 2.40. The number of carbonyl (C=O) groups is 2. The Kier molecular flexibility index (Phi) is 6.20. The van der Waals surface area contributed by atoms with Crippen molar-refractivity contribution in [2.75, 3.05) is 19.6 Å². The van der Waals surface area contributed by atoms with E-state index in [2.05, 4.69) is 24.1 Å². The Bertz CT molecular complexity index is 1160. The molecule has 0 radical (unpaired) electrons. The van der Waals surface area contributed by atoms with Crippen molar-refractivity contribution in [2.24, 2.45) is 5.92 Å². The molecule has 33 heavy (non-hydrogen) atoms. The van der Waals surface area contributed by atoms with Gasteiger partial charge in [-0.1, -0.05) is 19.9 Å². The second-order valence-electron chi connectivity index (χ2n) is 8.86. The van der Waals surface area contributed by atoms with Gasteiger partial charge in [0.15, 0.2) is 11.4 Å². The van der Waals surface area contributed by atoms with Crippen LogP contribution in [-0.4, -0.2) is 57.1 Å². The zero-order valence-electron chi connectivity index (χ0n) is 18.5. The third-order valence-electron chi connectivity index (χ3n) is 6.00. The SMILES string of the molecule is CC(C)CN1CCCN2C(=O)c3c(O)c(=O)c(C(=O)NCc4ccc(F)cc4F)cn3CC12. The number of amides is 2. The summed E-state index contributed by atoms with van der Waals surface area (Å²) in [6.07, 6.45) is 1.82. The van der Waals surface area contributed by atoms with E-state index in [0.717, 1.165) is 25.6 Å². The van der Waals surface area contributed by atoms with Gasteiger partial charge in [-0.2, -0.15) is 0 Å². The molecular weight excluding hydrogens is 434 g/mol. The average molecular weight is 460 g/mol. The molecule has 2 aromatic rings. The number of nitrogens with zero attached hydrogens (tertiary/aromatic N) is 3. The van der Waals surface area contributed by atoms with Crippen molar-refractivity contribution in [1.29, 1.82) is 0 Å². The van der Waals surface area contributed by atoms with Gasteiger partial charge in [-0.25, -0.2) is 8.78 Å². The number of fused-ring (bicyclic) bond motifs is 2. The summed E-state index contributed by atoms with van der Waals surface area (Å²) in [5.74, 6) is -3.24. The van der Waals surface area contributed by atoms with Gasteiger partial charge < -0.3 is 19.9 Å². The molecule has 0 saturated carbocycles. The zero-order valence-corrected chi connectivity index (χ0v) is 18.5. The highest BCUT2D eigenvalue weighted by Crippen LogP contribution is 2.28. The predicted molar refractivity (Wildman–Crippen MR) is 116 cm³/mol. The minimum atomic E-state index is -0.971. The van der Waals surface area contributed by atoms with Gasteiger partial charge in [0.2, 0.25) is 5.43 Å². The van der Waals surface area contributed by atoms with Crippen LogP contribution in [0.2, 0.25) is 0 Å². The molecule has 176 valence electrons. The Hall–Kier alpha value is -3.27. The number of carbonyl (C=O) groups excluding carboxylic acids is 2. The number of aromatic nitrogens is 1. The lowest BCUT2D eigenvalue weighted by Gasteiger charge is -2.47. The zero-order chi connectivity index (χ0) is 23.9. The summed E-state index contributed by atoms with van der Waals surface area (Å²) in [7, 11) is 0. The van der Waals surface area contributed by atoms with Crippen molar-refractivity contribution in [3.8, 4) is 5.75 Å². The minimum absolute atomic E-state index is 0.0457. The van der Waals surface area contributed by atoms with Crippen molar-refractivity contribution in [3.63, 3.8) is 0 Å². The Morgan fingerprint density at radius 1 is 1.24 bits per heavy atom. The monoisotopic (exact) mass is 460 g/mol. The van der Waals surface area contributed by atoms with Gasteiger partial charge in [-0.3, -0.25) is 19.3 Å². The fourth-order valence-corrected chi connectivity index (χ4v) is 4.50. The number of nitrogens with one attached hydrogen (secondary N) is 1. The second kappa shape index (κ2) is 8.93. The maximum Gasteiger partial charge on any atom is 0.275 e. The fourth-order valence-electron chi connectivity index (χ4n) is 4.50. The molecule has 2 amide bonds. The van der Waals surface area contributed by atoms with Gasteiger partial charge >= 0.3 is 0 Å². The first kappa shape index (κ1) is 22.9. The lowest BCUT2D eigenvalue weighted by Crippen LogP contribution is -2.61. The number of rotatable bonds is 5. The first-order chi connectivity index (χ1) is 15.7. The van der Waals surface area contributed by atoms with Gasteiger partial charge in [-0.15, -0.1) is 0 Å². The largest absolute Gasteiger partial charge is 0.503 e. The average Bonchev–Trinajstić information content (AvgIpc) is 2.75. The van der Waals surface area contributed by atoms with Crippen molar-refractivity contribution in [2.45, 2.75) is 39.5 Å². The van der Waals surface area contributed by atoms with E-state index < -0.39 is 34.6 Å². The molecule has 1 unspecified atom stereocenters. The lowest BCUT2D eigenvalue weighted by atomic mass is 10.1. The van der Waals surface area contributed by atoms with Crippen molar-refractivity contribution in [3.05, 3.63) is 63.1 Å². The molecule has 1 aromatic carbocycles. The van der Waals surface area contributed by atoms with Crippen molar-refractivity contribution < 1.29 is 23.5 Å². The summed E-state index contributed by atoms with van der Waals surface area (Å²) >= 11 is 0. The molecule has 2 aliphatic rings. The molecule has 0 bridgehead atoms. The molecule has 0 spiro atoms. The molecule has 1 saturated heterocycles. The van der Waals surface area contributed by atoms with E-state index in [4.69, 9.17) is 0 Å². The van der Waals surface area contributed by atoms with E-state index in [9.17, 15) is 28.3 Å². The van der Waals surface area contributed by atoms with Crippen molar-refractivity contribution >= 4 is 11.8 Å². The number of aromatic hydroxyl groups is 1. The lowest BCUT2D eigenvalue weighted by molar-refractivity contribution is -0.0146. The van der Waals surface area contributed by atoms with Gasteiger partial charge in [0, 0.05) is 44.0 Å². The molecule has 1 aromatic heterocycles. The van der Waals surface area contributed by atoms with E-state index in [1.165, 1.54) is 16.8 Å². The number of hydrogen-bond acceptors (Lipinski definition) is 5. The summed E-state index contributed by atoms with van der Waals surface area (Å²) < 4.78 is 28.4. The minimum Gasteiger partial charge on any atom is -0.503 e. The Morgan fingerprint density at radius 2 is 2.00 bits per heavy atom. The highest BCUT2D eigenvalue weighted by molar-refractivity contribution is 5.99. The molecule has 10 heteroatoms. The first-order valence-corrected chi connectivity index (χ1v) is 10.9. The van der Waals surface area contributed by atoms with E-state index in [-0.39, 0.29) is 29.5 Å². The van der Waals surface area contributed by atoms with Crippen LogP contribution in [0.3, 0.4) is 0 Å². The summed E-state index contributed by atoms with van der Waals surface area (Å²) in [6, 6.07) is 2.96. The van der Waals surface area contributed by atoms with Crippen LogP contribution in [0, 0.1) is 17.6 Å². The molecule has 0 aliphatic carbocycles. The van der Waals surface area contributed by atoms with Crippen LogP contribution in [-0.2, 0) is 13.1 Å². The molecule has 2 N–H and O–H groups in total. The van der Waals surface area contributed by atoms with E-state index in [0.29, 0.717) is 25.1 Å². The Labute approximate surface area is 189 Å². The van der Waals surface area contributed by atoms with Crippen LogP contribution < -0.4 is 10.7 Å². The highest BCUT2D eigenvalue weighted by atomic mass is 19.1. The van der Waals surface area contributed by atoms with Crippen LogP contribution in [0.4, 0.5) is 8.78 Å². The number of benzene rings is 1. The van der Waals surface area contributed by atoms with Gasteiger partial charge in [-0.05, 0) is 18.4 Å². The molecular formula is C23H26F2N4O4. The summed E-state index contributed by atoms with van der Waals surface area (Å²) in [6.45, 7) is 6.34. The summed E-state index contributed by atoms with van der Waals surface area (Å²) in [5, 5.41) is 13.0. The van der Waals surface area contributed by atoms with Crippen LogP contribution in [0.5, 0.6) is 5.75 Å². The smallest absolute Gasteiger partial charge is 0.275 e. The van der Waals surface area contributed by atoms with Gasteiger partial charge in [0.05, 0.1) is 6.54 Å². The van der Waals surface area contributed by atoms with Gasteiger partial charge in [0.25, 0.3) is 11.8 Å². The Morgan fingerprint density at radius 3 is 2.70 bits per heavy atom. The molecule has 2 aliphatic heterocycles. The van der Waals surface area contributed by atoms with E-state index >= 15 is 0 Å². The summed E-state index contributed by atoms with van der Waals surface area (Å²) in [4.78, 5) is 42.4. The molecule has 3 heterocycles. The summed E-state index contributed by atoms with van der Waals surface area (Å²) in [5.41, 5.74) is -1.42. The number of halogens is 2. The Balaban J connectivity index is 1.62. The number of hydrogen-bond donors (Lipinski definition) is 2. The quantitative estimate of drug-likeness (QED) is 0.711. The molecule has 1 fully saturated rings. The maximum absolute atomic E-state index is 13.9. The van der Waals surface area contributed by atoms with Crippen LogP contribution in [0.15, 0.2) is 29.2 Å². The fraction of sp³-hybridized carbons (Fsp3) is 0.435. The normalized spacial score (nSPS) is 18.3. The molecule has 8 nitrogen and oxygen atoms in total. The first-order valence-electron chi connectivity index (χ1n) is 10.9. The maximum atomic E-state index is 13.9. The van der Waals surface area contributed by atoms with Crippen LogP contribution in [0.25, 0.3) is 0 Å². The third-order valence-corrected chi connectivity index (χ3v) is 6.00.